The molecule has 3 rings (SSSR count). The SMILES string of the molecule is NC1CCC(CNc2ccc(Cc3ccncc3)cc2)CC1. The predicted octanol–water partition coefficient (Wildman–Crippen LogP) is 3.60. The molecule has 116 valence electrons. The maximum Gasteiger partial charge on any atom is 0.0340 e. The lowest BCUT2D eigenvalue weighted by Crippen LogP contribution is -2.29. The summed E-state index contributed by atoms with van der Waals surface area (Å²) in [5.41, 5.74) is 9.81. The zero-order valence-electron chi connectivity index (χ0n) is 13.0. The molecule has 1 aliphatic rings. The predicted molar refractivity (Wildman–Crippen MR) is 91.9 cm³/mol. The van der Waals surface area contributed by atoms with E-state index in [-0.39, 0.29) is 0 Å². The van der Waals surface area contributed by atoms with Crippen molar-refractivity contribution in [2.24, 2.45) is 11.7 Å². The third-order valence-electron chi connectivity index (χ3n) is 4.60. The smallest absolute Gasteiger partial charge is 0.0340 e. The molecule has 0 saturated heterocycles. The fourth-order valence-electron chi connectivity index (χ4n) is 3.13. The molecule has 0 spiro atoms. The maximum atomic E-state index is 5.96. The van der Waals surface area contributed by atoms with Gasteiger partial charge in [-0.2, -0.15) is 0 Å². The van der Waals surface area contributed by atoms with Gasteiger partial charge in [-0.05, 0) is 73.4 Å². The van der Waals surface area contributed by atoms with Gasteiger partial charge in [-0.3, -0.25) is 4.98 Å². The van der Waals surface area contributed by atoms with Crippen molar-refractivity contribution >= 4 is 5.69 Å². The van der Waals surface area contributed by atoms with E-state index in [0.717, 1.165) is 18.9 Å². The fourth-order valence-corrected chi connectivity index (χ4v) is 3.13. The second-order valence-corrected chi connectivity index (χ2v) is 6.39. The van der Waals surface area contributed by atoms with Crippen LogP contribution < -0.4 is 11.1 Å². The Balaban J connectivity index is 1.49. The van der Waals surface area contributed by atoms with Crippen molar-refractivity contribution in [2.75, 3.05) is 11.9 Å². The van der Waals surface area contributed by atoms with Gasteiger partial charge in [0.1, 0.15) is 0 Å². The van der Waals surface area contributed by atoms with Crippen LogP contribution >= 0.6 is 0 Å². The van der Waals surface area contributed by atoms with Crippen molar-refractivity contribution in [3.05, 3.63) is 59.9 Å². The van der Waals surface area contributed by atoms with Gasteiger partial charge in [0.2, 0.25) is 0 Å². The van der Waals surface area contributed by atoms with Crippen molar-refractivity contribution in [3.8, 4) is 0 Å². The van der Waals surface area contributed by atoms with Crippen molar-refractivity contribution in [1.82, 2.24) is 4.98 Å². The standard InChI is InChI=1S/C19H25N3/c20-18-5-1-17(2-6-18)14-22-19-7-3-15(4-8-19)13-16-9-11-21-12-10-16/h3-4,7-12,17-18,22H,1-2,5-6,13-14,20H2. The second kappa shape index (κ2) is 7.41. The molecule has 22 heavy (non-hydrogen) atoms. The van der Waals surface area contributed by atoms with Gasteiger partial charge in [0.25, 0.3) is 0 Å². The lowest BCUT2D eigenvalue weighted by Gasteiger charge is -2.26. The van der Waals surface area contributed by atoms with Crippen molar-refractivity contribution < 1.29 is 0 Å². The van der Waals surface area contributed by atoms with Crippen LogP contribution in [-0.4, -0.2) is 17.6 Å². The van der Waals surface area contributed by atoms with Gasteiger partial charge in [0.05, 0.1) is 0 Å². The molecule has 0 bridgehead atoms. The van der Waals surface area contributed by atoms with Crippen LogP contribution in [0, 0.1) is 5.92 Å². The van der Waals surface area contributed by atoms with Gasteiger partial charge in [0, 0.05) is 30.7 Å². The van der Waals surface area contributed by atoms with E-state index in [9.17, 15) is 0 Å². The first-order chi connectivity index (χ1) is 10.8. The second-order valence-electron chi connectivity index (χ2n) is 6.39. The van der Waals surface area contributed by atoms with Crippen LogP contribution in [0.4, 0.5) is 5.69 Å². The summed E-state index contributed by atoms with van der Waals surface area (Å²) < 4.78 is 0. The van der Waals surface area contributed by atoms with E-state index in [1.165, 1.54) is 42.5 Å². The molecule has 1 aliphatic carbocycles. The number of hydrogen-bond donors (Lipinski definition) is 2. The zero-order chi connectivity index (χ0) is 15.2. The Hall–Kier alpha value is -1.87. The Bertz CT molecular complexity index is 557. The Labute approximate surface area is 133 Å². The Morgan fingerprint density at radius 3 is 2.23 bits per heavy atom. The number of rotatable bonds is 5. The van der Waals surface area contributed by atoms with E-state index < -0.39 is 0 Å². The number of anilines is 1. The number of pyridine rings is 1. The summed E-state index contributed by atoms with van der Waals surface area (Å²) >= 11 is 0. The number of nitrogens with two attached hydrogens (primary N) is 1. The van der Waals surface area contributed by atoms with E-state index in [1.54, 1.807) is 0 Å². The van der Waals surface area contributed by atoms with Crippen molar-refractivity contribution in [1.29, 1.82) is 0 Å². The first-order valence-corrected chi connectivity index (χ1v) is 8.27. The fraction of sp³-hybridized carbons (Fsp3) is 0.421. The van der Waals surface area contributed by atoms with Crippen molar-refractivity contribution in [2.45, 2.75) is 38.1 Å². The Morgan fingerprint density at radius 1 is 0.909 bits per heavy atom. The number of hydrogen-bond acceptors (Lipinski definition) is 3. The normalized spacial score (nSPS) is 21.5. The molecule has 3 heteroatoms. The highest BCUT2D eigenvalue weighted by atomic mass is 14.9. The summed E-state index contributed by atoms with van der Waals surface area (Å²) in [7, 11) is 0. The van der Waals surface area contributed by atoms with Gasteiger partial charge < -0.3 is 11.1 Å². The average Bonchev–Trinajstić information content (AvgIpc) is 2.57. The molecule has 1 saturated carbocycles. The highest BCUT2D eigenvalue weighted by Crippen LogP contribution is 2.23. The summed E-state index contributed by atoms with van der Waals surface area (Å²) in [5, 5.41) is 3.57. The summed E-state index contributed by atoms with van der Waals surface area (Å²) in [6.45, 7) is 1.07. The molecule has 3 N–H and O–H groups in total. The van der Waals surface area contributed by atoms with E-state index in [1.807, 2.05) is 12.4 Å². The van der Waals surface area contributed by atoms with Gasteiger partial charge in [0.15, 0.2) is 0 Å². The molecule has 0 atom stereocenters. The largest absolute Gasteiger partial charge is 0.385 e. The van der Waals surface area contributed by atoms with Crippen LogP contribution in [0.25, 0.3) is 0 Å². The van der Waals surface area contributed by atoms with Gasteiger partial charge in [-0.15, -0.1) is 0 Å². The zero-order valence-corrected chi connectivity index (χ0v) is 13.0. The quantitative estimate of drug-likeness (QED) is 0.886. The molecule has 1 aromatic carbocycles. The molecular weight excluding hydrogens is 270 g/mol. The molecule has 1 fully saturated rings. The Kier molecular flexibility index (Phi) is 5.07. The molecule has 0 amide bonds. The topological polar surface area (TPSA) is 50.9 Å². The maximum absolute atomic E-state index is 5.96. The summed E-state index contributed by atoms with van der Waals surface area (Å²) in [6.07, 6.45) is 9.53. The number of nitrogens with zero attached hydrogens (tertiary/aromatic N) is 1. The lowest BCUT2D eigenvalue weighted by molar-refractivity contribution is 0.339. The van der Waals surface area contributed by atoms with Crippen LogP contribution in [0.2, 0.25) is 0 Å². The molecule has 0 radical (unpaired) electrons. The van der Waals surface area contributed by atoms with E-state index in [0.29, 0.717) is 6.04 Å². The summed E-state index contributed by atoms with van der Waals surface area (Å²) in [6, 6.07) is 13.4. The lowest BCUT2D eigenvalue weighted by atomic mass is 9.86. The monoisotopic (exact) mass is 295 g/mol. The molecule has 0 aliphatic heterocycles. The third-order valence-corrected chi connectivity index (χ3v) is 4.60. The molecule has 3 nitrogen and oxygen atoms in total. The average molecular weight is 295 g/mol. The van der Waals surface area contributed by atoms with Crippen LogP contribution in [0.5, 0.6) is 0 Å². The molecule has 1 heterocycles. The molecule has 2 aromatic rings. The first kappa shape index (κ1) is 15.0. The summed E-state index contributed by atoms with van der Waals surface area (Å²) in [5.74, 6) is 0.774. The van der Waals surface area contributed by atoms with Crippen molar-refractivity contribution in [3.63, 3.8) is 0 Å². The van der Waals surface area contributed by atoms with Crippen LogP contribution in [0.1, 0.15) is 36.8 Å². The minimum absolute atomic E-state index is 0.434. The number of nitrogens with one attached hydrogen (secondary N) is 1. The van der Waals surface area contributed by atoms with Gasteiger partial charge in [-0.25, -0.2) is 0 Å². The van der Waals surface area contributed by atoms with E-state index in [2.05, 4.69) is 46.7 Å². The van der Waals surface area contributed by atoms with Gasteiger partial charge >= 0.3 is 0 Å². The molecule has 1 aromatic heterocycles. The van der Waals surface area contributed by atoms with Crippen LogP contribution in [0.3, 0.4) is 0 Å². The van der Waals surface area contributed by atoms with E-state index >= 15 is 0 Å². The minimum atomic E-state index is 0.434. The first-order valence-electron chi connectivity index (χ1n) is 8.27. The third kappa shape index (κ3) is 4.31. The number of benzene rings is 1. The molecular formula is C19H25N3. The van der Waals surface area contributed by atoms with Gasteiger partial charge in [-0.1, -0.05) is 12.1 Å². The van der Waals surface area contributed by atoms with E-state index in [4.69, 9.17) is 5.73 Å². The molecule has 0 unspecified atom stereocenters. The highest BCUT2D eigenvalue weighted by molar-refractivity contribution is 5.45. The minimum Gasteiger partial charge on any atom is -0.385 e. The Morgan fingerprint density at radius 2 is 1.55 bits per heavy atom. The van der Waals surface area contributed by atoms with Crippen LogP contribution in [0.15, 0.2) is 48.8 Å². The summed E-state index contributed by atoms with van der Waals surface area (Å²) in [4.78, 5) is 4.06. The van der Waals surface area contributed by atoms with Crippen LogP contribution in [-0.2, 0) is 6.42 Å². The highest BCUT2D eigenvalue weighted by Gasteiger charge is 2.17. The number of aromatic nitrogens is 1.